The lowest BCUT2D eigenvalue weighted by Gasteiger charge is -2.33. The molecule has 0 aliphatic heterocycles. The zero-order chi connectivity index (χ0) is 23.9. The highest BCUT2D eigenvalue weighted by Gasteiger charge is 2.33. The molecule has 0 saturated carbocycles. The van der Waals surface area contributed by atoms with E-state index < -0.39 is 22.2 Å². The molecule has 3 atom stereocenters. The molecule has 1 aromatic heterocycles. The first-order valence-electron chi connectivity index (χ1n) is 10.4. The van der Waals surface area contributed by atoms with E-state index in [4.69, 9.17) is 4.74 Å². The van der Waals surface area contributed by atoms with Gasteiger partial charge in [0.15, 0.2) is 0 Å². The van der Waals surface area contributed by atoms with Crippen molar-refractivity contribution >= 4 is 15.9 Å². The predicted molar refractivity (Wildman–Crippen MR) is 121 cm³/mol. The van der Waals surface area contributed by atoms with Gasteiger partial charge in [-0.2, -0.15) is 4.31 Å². The molecular formula is C22H32N4O5S. The van der Waals surface area contributed by atoms with E-state index in [1.807, 2.05) is 13.8 Å². The molecule has 0 spiro atoms. The number of methoxy groups -OCH3 is 1. The van der Waals surface area contributed by atoms with Crippen molar-refractivity contribution in [2.24, 2.45) is 5.92 Å². The van der Waals surface area contributed by atoms with Crippen LogP contribution in [-0.2, 0) is 14.8 Å². The van der Waals surface area contributed by atoms with Crippen molar-refractivity contribution < 1.29 is 23.1 Å². The Morgan fingerprint density at radius 2 is 1.81 bits per heavy atom. The summed E-state index contributed by atoms with van der Waals surface area (Å²) in [6.45, 7) is 5.43. The summed E-state index contributed by atoms with van der Waals surface area (Å²) in [7, 11) is -0.679. The van der Waals surface area contributed by atoms with Crippen molar-refractivity contribution in [3.8, 4) is 0 Å². The van der Waals surface area contributed by atoms with Gasteiger partial charge in [0, 0.05) is 45.7 Å². The van der Waals surface area contributed by atoms with Crippen molar-refractivity contribution in [2.75, 3.05) is 33.9 Å². The summed E-state index contributed by atoms with van der Waals surface area (Å²) in [4.78, 5) is 22.2. The highest BCUT2D eigenvalue weighted by molar-refractivity contribution is 7.89. The Morgan fingerprint density at radius 1 is 1.16 bits per heavy atom. The Hall–Kier alpha value is -2.40. The second-order valence-corrected chi connectivity index (χ2v) is 9.84. The molecule has 1 N–H and O–H groups in total. The number of amides is 1. The largest absolute Gasteiger partial charge is 0.395 e. The monoisotopic (exact) mass is 464 g/mol. The van der Waals surface area contributed by atoms with E-state index in [1.54, 1.807) is 38.2 Å². The van der Waals surface area contributed by atoms with Gasteiger partial charge in [-0.05, 0) is 31.9 Å². The van der Waals surface area contributed by atoms with Crippen LogP contribution in [0, 0.1) is 12.8 Å². The van der Waals surface area contributed by atoms with Gasteiger partial charge in [-0.3, -0.25) is 9.78 Å². The zero-order valence-corrected chi connectivity index (χ0v) is 20.0. The Balaban J connectivity index is 2.19. The van der Waals surface area contributed by atoms with E-state index in [9.17, 15) is 18.3 Å². The number of nitrogens with zero attached hydrogens (tertiary/aromatic N) is 4. The fourth-order valence-corrected chi connectivity index (χ4v) is 5.02. The molecule has 2 aromatic rings. The number of aromatic nitrogens is 2. The second-order valence-electron chi connectivity index (χ2n) is 7.95. The number of carbonyl (C=O) groups excluding carboxylic acids is 1. The van der Waals surface area contributed by atoms with Gasteiger partial charge in [0.1, 0.15) is 5.69 Å². The van der Waals surface area contributed by atoms with E-state index in [0.29, 0.717) is 0 Å². The Bertz CT molecular complexity index is 970. The van der Waals surface area contributed by atoms with Gasteiger partial charge < -0.3 is 14.7 Å². The summed E-state index contributed by atoms with van der Waals surface area (Å²) < 4.78 is 33.5. The highest BCUT2D eigenvalue weighted by atomic mass is 32.2. The van der Waals surface area contributed by atoms with Crippen LogP contribution in [-0.4, -0.2) is 84.6 Å². The van der Waals surface area contributed by atoms with Crippen molar-refractivity contribution in [3.63, 3.8) is 0 Å². The van der Waals surface area contributed by atoms with Gasteiger partial charge in [-0.15, -0.1) is 0 Å². The Kier molecular flexibility index (Phi) is 9.26. The number of ether oxygens (including phenoxy) is 1. The molecule has 32 heavy (non-hydrogen) atoms. The maximum atomic E-state index is 13.3. The Morgan fingerprint density at radius 3 is 2.34 bits per heavy atom. The van der Waals surface area contributed by atoms with Crippen LogP contribution >= 0.6 is 0 Å². The maximum Gasteiger partial charge on any atom is 0.273 e. The molecule has 9 nitrogen and oxygen atoms in total. The molecule has 2 rings (SSSR count). The molecule has 0 fully saturated rings. The van der Waals surface area contributed by atoms with Gasteiger partial charge in [0.25, 0.3) is 5.91 Å². The summed E-state index contributed by atoms with van der Waals surface area (Å²) in [5.74, 6) is -0.577. The lowest BCUT2D eigenvalue weighted by Crippen LogP contribution is -2.47. The summed E-state index contributed by atoms with van der Waals surface area (Å²) >= 11 is 0. The number of aliphatic hydroxyl groups is 1. The van der Waals surface area contributed by atoms with Crippen LogP contribution in [0.1, 0.15) is 29.9 Å². The van der Waals surface area contributed by atoms with Crippen LogP contribution in [0.15, 0.2) is 47.8 Å². The van der Waals surface area contributed by atoms with Crippen molar-refractivity contribution in [1.29, 1.82) is 0 Å². The van der Waals surface area contributed by atoms with E-state index in [-0.39, 0.29) is 42.1 Å². The lowest BCUT2D eigenvalue weighted by atomic mass is 10.0. The predicted octanol–water partition coefficient (Wildman–Crippen LogP) is 1.58. The third kappa shape index (κ3) is 6.32. The summed E-state index contributed by atoms with van der Waals surface area (Å²) in [6, 6.07) is 5.98. The molecule has 10 heteroatoms. The van der Waals surface area contributed by atoms with Crippen LogP contribution in [0.25, 0.3) is 0 Å². The summed E-state index contributed by atoms with van der Waals surface area (Å²) in [6.07, 6.45) is 3.88. The minimum absolute atomic E-state index is 0.115. The Labute approximate surface area is 190 Å². The number of aliphatic hydroxyl groups excluding tert-OH is 1. The van der Waals surface area contributed by atoms with Gasteiger partial charge in [0.2, 0.25) is 10.0 Å². The molecule has 0 radical (unpaired) electrons. The first-order valence-corrected chi connectivity index (χ1v) is 11.8. The summed E-state index contributed by atoms with van der Waals surface area (Å²) in [5.41, 5.74) is 1.17. The van der Waals surface area contributed by atoms with Gasteiger partial charge in [0.05, 0.1) is 23.8 Å². The fourth-order valence-electron chi connectivity index (χ4n) is 3.30. The van der Waals surface area contributed by atoms with Crippen LogP contribution in [0.5, 0.6) is 0 Å². The van der Waals surface area contributed by atoms with Crippen LogP contribution in [0.4, 0.5) is 0 Å². The van der Waals surface area contributed by atoms with Crippen LogP contribution < -0.4 is 0 Å². The molecular weight excluding hydrogens is 432 g/mol. The highest BCUT2D eigenvalue weighted by Crippen LogP contribution is 2.22. The van der Waals surface area contributed by atoms with Crippen molar-refractivity contribution in [2.45, 2.75) is 37.8 Å². The fraction of sp³-hybridized carbons (Fsp3) is 0.500. The quantitative estimate of drug-likeness (QED) is 0.537. The minimum Gasteiger partial charge on any atom is -0.395 e. The molecule has 0 bridgehead atoms. The second kappa shape index (κ2) is 11.5. The standard InChI is InChI=1S/C22H32N4O5S/c1-16-6-8-19(9-7-16)32(29,30)26(18(3)15-27)13-17(2)21(31-5)14-25(4)22(28)20-12-23-10-11-24-20/h6-12,17-18,21,27H,13-15H2,1-5H3/t17-,18+,21-/m0/s1. The molecule has 0 unspecified atom stereocenters. The van der Waals surface area contributed by atoms with Crippen molar-refractivity contribution in [3.05, 3.63) is 54.1 Å². The van der Waals surface area contributed by atoms with Gasteiger partial charge >= 0.3 is 0 Å². The number of hydrogen-bond donors (Lipinski definition) is 1. The van der Waals surface area contributed by atoms with Crippen LogP contribution in [0.2, 0.25) is 0 Å². The van der Waals surface area contributed by atoms with E-state index in [1.165, 1.54) is 34.9 Å². The normalized spacial score (nSPS) is 14.7. The molecule has 1 amide bonds. The molecule has 1 aromatic carbocycles. The molecule has 0 aliphatic carbocycles. The number of benzene rings is 1. The molecule has 0 saturated heterocycles. The maximum absolute atomic E-state index is 13.3. The first-order chi connectivity index (χ1) is 15.1. The van der Waals surface area contributed by atoms with Gasteiger partial charge in [-0.1, -0.05) is 24.6 Å². The first kappa shape index (κ1) is 25.9. The molecule has 1 heterocycles. The number of rotatable bonds is 11. The van der Waals surface area contributed by atoms with Crippen molar-refractivity contribution in [1.82, 2.24) is 19.2 Å². The average Bonchev–Trinajstić information content (AvgIpc) is 2.80. The topological polar surface area (TPSA) is 113 Å². The number of aryl methyl sites for hydroxylation is 1. The number of hydrogen-bond acceptors (Lipinski definition) is 7. The third-order valence-electron chi connectivity index (χ3n) is 5.37. The molecule has 176 valence electrons. The van der Waals surface area contributed by atoms with E-state index in [2.05, 4.69) is 9.97 Å². The van der Waals surface area contributed by atoms with E-state index in [0.717, 1.165) is 5.56 Å². The smallest absolute Gasteiger partial charge is 0.273 e. The number of sulfonamides is 1. The number of likely N-dealkylation sites (N-methyl/N-ethyl adjacent to an activating group) is 1. The average molecular weight is 465 g/mol. The van der Waals surface area contributed by atoms with Crippen LogP contribution in [0.3, 0.4) is 0 Å². The number of carbonyl (C=O) groups is 1. The third-order valence-corrected chi connectivity index (χ3v) is 7.37. The summed E-state index contributed by atoms with van der Waals surface area (Å²) in [5, 5.41) is 9.71. The SMILES string of the molecule is CO[C@@H](CN(C)C(=O)c1cnccn1)[C@@H](C)CN([C@H](C)CO)S(=O)(=O)c1ccc(C)cc1. The van der Waals surface area contributed by atoms with Gasteiger partial charge in [-0.25, -0.2) is 13.4 Å². The lowest BCUT2D eigenvalue weighted by molar-refractivity contribution is 0.0219. The zero-order valence-electron chi connectivity index (χ0n) is 19.2. The molecule has 0 aliphatic rings. The minimum atomic E-state index is -3.83. The van der Waals surface area contributed by atoms with E-state index >= 15 is 0 Å².